The lowest BCUT2D eigenvalue weighted by molar-refractivity contribution is -0.147. The van der Waals surface area contributed by atoms with E-state index in [-0.39, 0.29) is 18.0 Å². The summed E-state index contributed by atoms with van der Waals surface area (Å²) in [6, 6.07) is 4.81. The maximum atomic E-state index is 13.0. The van der Waals surface area contributed by atoms with Crippen molar-refractivity contribution in [3.05, 3.63) is 35.6 Å². The first-order valence-corrected chi connectivity index (χ1v) is 7.05. The Kier molecular flexibility index (Phi) is 5.47. The molecule has 23 heavy (non-hydrogen) atoms. The summed E-state index contributed by atoms with van der Waals surface area (Å²) in [5.41, 5.74) is -2.16. The summed E-state index contributed by atoms with van der Waals surface area (Å²) in [6.45, 7) is 6.03. The number of halogens is 1. The second-order valence-electron chi connectivity index (χ2n) is 6.42. The molecule has 0 aliphatic carbocycles. The maximum absolute atomic E-state index is 13.0. The van der Waals surface area contributed by atoms with Gasteiger partial charge in [-0.1, -0.05) is 32.9 Å². The zero-order valence-electron chi connectivity index (χ0n) is 13.6. The molecule has 0 radical (unpaired) electrons. The molecule has 0 fully saturated rings. The number of carbonyl (C=O) groups excluding carboxylic acids is 2. The van der Waals surface area contributed by atoms with Crippen LogP contribution in [-0.2, 0) is 19.9 Å². The number of aliphatic carboxylic acids is 1. The zero-order valence-corrected chi connectivity index (χ0v) is 13.6. The largest absolute Gasteiger partial charge is 0.479 e. The highest BCUT2D eigenvalue weighted by molar-refractivity contribution is 5.91. The first-order valence-electron chi connectivity index (χ1n) is 7.05. The van der Waals surface area contributed by atoms with E-state index >= 15 is 0 Å². The van der Waals surface area contributed by atoms with Crippen LogP contribution in [0.4, 0.5) is 4.39 Å². The highest BCUT2D eigenvalue weighted by atomic mass is 19.1. The molecule has 126 valence electrons. The van der Waals surface area contributed by atoms with Crippen molar-refractivity contribution in [2.24, 2.45) is 5.41 Å². The van der Waals surface area contributed by atoms with Crippen LogP contribution in [0.15, 0.2) is 24.3 Å². The molecular weight excluding hydrogens is 303 g/mol. The number of benzene rings is 1. The molecule has 0 aliphatic heterocycles. The number of hydrogen-bond donors (Lipinski definition) is 3. The number of amides is 2. The first-order chi connectivity index (χ1) is 10.5. The third-order valence-electron chi connectivity index (χ3n) is 3.33. The molecule has 3 N–H and O–H groups in total. The Bertz CT molecular complexity index is 608. The number of carbonyl (C=O) groups is 3. The van der Waals surface area contributed by atoms with Gasteiger partial charge < -0.3 is 15.7 Å². The van der Waals surface area contributed by atoms with E-state index in [4.69, 9.17) is 0 Å². The van der Waals surface area contributed by atoms with Crippen molar-refractivity contribution < 1.29 is 23.9 Å². The molecule has 0 saturated carbocycles. The first kappa shape index (κ1) is 18.6. The minimum atomic E-state index is -1.72. The molecule has 0 heterocycles. The Morgan fingerprint density at radius 2 is 1.61 bits per heavy atom. The Balaban J connectivity index is 2.84. The van der Waals surface area contributed by atoms with E-state index in [0.717, 1.165) is 12.1 Å². The van der Waals surface area contributed by atoms with Gasteiger partial charge in [-0.15, -0.1) is 0 Å². The van der Waals surface area contributed by atoms with Crippen LogP contribution in [0.1, 0.15) is 33.3 Å². The monoisotopic (exact) mass is 324 g/mol. The van der Waals surface area contributed by atoms with Crippen LogP contribution in [0.2, 0.25) is 0 Å². The quantitative estimate of drug-likeness (QED) is 0.763. The molecule has 1 atom stereocenters. The fourth-order valence-corrected chi connectivity index (χ4v) is 1.78. The summed E-state index contributed by atoms with van der Waals surface area (Å²) in [5, 5.41) is 14.2. The second kappa shape index (κ2) is 6.76. The summed E-state index contributed by atoms with van der Waals surface area (Å²) < 4.78 is 13.0. The van der Waals surface area contributed by atoms with E-state index in [1.165, 1.54) is 19.1 Å². The van der Waals surface area contributed by atoms with Crippen LogP contribution in [-0.4, -0.2) is 29.4 Å². The van der Waals surface area contributed by atoms with E-state index in [0.29, 0.717) is 0 Å². The lowest BCUT2D eigenvalue weighted by Crippen LogP contribution is -2.52. The number of rotatable bonds is 5. The highest BCUT2D eigenvalue weighted by Crippen LogP contribution is 2.21. The fraction of sp³-hybridized carbons (Fsp3) is 0.438. The number of carboxylic acids is 1. The van der Waals surface area contributed by atoms with Crippen molar-refractivity contribution in [1.82, 2.24) is 10.6 Å². The van der Waals surface area contributed by atoms with Crippen LogP contribution in [0.3, 0.4) is 0 Å². The molecule has 0 bridgehead atoms. The van der Waals surface area contributed by atoms with Crippen LogP contribution >= 0.6 is 0 Å². The van der Waals surface area contributed by atoms with Crippen LogP contribution in [0.5, 0.6) is 0 Å². The zero-order chi connectivity index (χ0) is 17.8. The molecular formula is C16H21FN2O4. The summed E-state index contributed by atoms with van der Waals surface area (Å²) in [6.07, 6.45) is 0. The molecule has 1 unspecified atom stereocenters. The Morgan fingerprint density at radius 3 is 2.04 bits per heavy atom. The highest BCUT2D eigenvalue weighted by Gasteiger charge is 2.37. The van der Waals surface area contributed by atoms with Gasteiger partial charge in [0.05, 0.1) is 6.54 Å². The van der Waals surface area contributed by atoms with Gasteiger partial charge in [0.2, 0.25) is 11.8 Å². The number of carboxylic acid groups (broad SMARTS) is 1. The molecule has 1 aromatic rings. The minimum Gasteiger partial charge on any atom is -0.479 e. The number of hydrogen-bond acceptors (Lipinski definition) is 3. The molecule has 0 spiro atoms. The Morgan fingerprint density at radius 1 is 1.09 bits per heavy atom. The van der Waals surface area contributed by atoms with Gasteiger partial charge in [0.25, 0.3) is 0 Å². The van der Waals surface area contributed by atoms with Gasteiger partial charge in [0, 0.05) is 5.41 Å². The Labute approximate surface area is 134 Å². The fourth-order valence-electron chi connectivity index (χ4n) is 1.78. The van der Waals surface area contributed by atoms with Crippen LogP contribution < -0.4 is 10.6 Å². The van der Waals surface area contributed by atoms with Gasteiger partial charge in [-0.3, -0.25) is 9.59 Å². The molecule has 0 saturated heterocycles. The topological polar surface area (TPSA) is 95.5 Å². The van der Waals surface area contributed by atoms with E-state index in [1.807, 2.05) is 0 Å². The van der Waals surface area contributed by atoms with Crippen molar-refractivity contribution in [3.8, 4) is 0 Å². The molecule has 6 nitrogen and oxygen atoms in total. The minimum absolute atomic E-state index is 0.224. The average Bonchev–Trinajstić information content (AvgIpc) is 2.43. The van der Waals surface area contributed by atoms with Crippen molar-refractivity contribution in [2.45, 2.75) is 33.2 Å². The predicted molar refractivity (Wildman–Crippen MR) is 82.0 cm³/mol. The molecule has 2 amide bonds. The van der Waals surface area contributed by atoms with E-state index < -0.39 is 28.6 Å². The third kappa shape index (κ3) is 4.77. The van der Waals surface area contributed by atoms with Crippen molar-refractivity contribution in [3.63, 3.8) is 0 Å². The van der Waals surface area contributed by atoms with E-state index in [1.54, 1.807) is 20.8 Å². The Hall–Kier alpha value is -2.44. The van der Waals surface area contributed by atoms with Gasteiger partial charge in [-0.2, -0.15) is 0 Å². The standard InChI is InChI=1S/C16H21FN2O4/c1-15(2,3)13(21)18-9-12(20)19-16(4,14(22)23)10-5-7-11(17)8-6-10/h5-8H,9H2,1-4H3,(H,18,21)(H,19,20)(H,22,23). The van der Waals surface area contributed by atoms with Gasteiger partial charge in [-0.05, 0) is 24.6 Å². The smallest absolute Gasteiger partial charge is 0.333 e. The number of nitrogens with one attached hydrogen (secondary N) is 2. The normalized spacial score (nSPS) is 13.8. The second-order valence-corrected chi connectivity index (χ2v) is 6.42. The van der Waals surface area contributed by atoms with Gasteiger partial charge >= 0.3 is 5.97 Å². The molecule has 0 aromatic heterocycles. The van der Waals surface area contributed by atoms with Crippen LogP contribution in [0, 0.1) is 11.2 Å². The average molecular weight is 324 g/mol. The van der Waals surface area contributed by atoms with Gasteiger partial charge in [0.1, 0.15) is 5.82 Å². The summed E-state index contributed by atoms with van der Waals surface area (Å²) >= 11 is 0. The van der Waals surface area contributed by atoms with Crippen molar-refractivity contribution >= 4 is 17.8 Å². The predicted octanol–water partition coefficient (Wildman–Crippen LogP) is 1.40. The van der Waals surface area contributed by atoms with Crippen LogP contribution in [0.25, 0.3) is 0 Å². The maximum Gasteiger partial charge on any atom is 0.333 e. The summed E-state index contributed by atoms with van der Waals surface area (Å²) in [4.78, 5) is 35.2. The summed E-state index contributed by atoms with van der Waals surface area (Å²) in [5.74, 6) is -2.78. The molecule has 7 heteroatoms. The molecule has 0 aliphatic rings. The molecule has 1 rings (SSSR count). The lowest BCUT2D eigenvalue weighted by Gasteiger charge is -2.27. The van der Waals surface area contributed by atoms with E-state index in [9.17, 15) is 23.9 Å². The molecule has 1 aromatic carbocycles. The van der Waals surface area contributed by atoms with Crippen molar-refractivity contribution in [2.75, 3.05) is 6.54 Å². The summed E-state index contributed by atoms with van der Waals surface area (Å²) in [7, 11) is 0. The van der Waals surface area contributed by atoms with Crippen molar-refractivity contribution in [1.29, 1.82) is 0 Å². The lowest BCUT2D eigenvalue weighted by atomic mass is 9.92. The SMILES string of the molecule is CC(C)(C)C(=O)NCC(=O)NC(C)(C(=O)O)c1ccc(F)cc1. The van der Waals surface area contributed by atoms with Gasteiger partial charge in [-0.25, -0.2) is 9.18 Å². The van der Waals surface area contributed by atoms with E-state index in [2.05, 4.69) is 10.6 Å². The van der Waals surface area contributed by atoms with Gasteiger partial charge in [0.15, 0.2) is 5.54 Å². The third-order valence-corrected chi connectivity index (χ3v) is 3.33.